The van der Waals surface area contributed by atoms with E-state index in [1.807, 2.05) is 30.3 Å². The molecule has 0 fully saturated rings. The second kappa shape index (κ2) is 10.6. The lowest BCUT2D eigenvalue weighted by Gasteiger charge is -2.13. The Labute approximate surface area is 208 Å². The molecule has 0 atom stereocenters. The Morgan fingerprint density at radius 3 is 2.69 bits per heavy atom. The van der Waals surface area contributed by atoms with Gasteiger partial charge in [0, 0.05) is 24.1 Å². The summed E-state index contributed by atoms with van der Waals surface area (Å²) in [6.45, 7) is 1.20. The number of aromatic nitrogens is 3. The monoisotopic (exact) mass is 486 g/mol. The molecule has 0 saturated carbocycles. The number of fused-ring (bicyclic) bond motifs is 1. The minimum atomic E-state index is -0.530. The van der Waals surface area contributed by atoms with Crippen LogP contribution in [0, 0.1) is 5.82 Å². The number of ether oxygens (including phenoxy) is 2. The van der Waals surface area contributed by atoms with Crippen molar-refractivity contribution in [2.45, 2.75) is 38.8 Å². The fraction of sp³-hybridized carbons (Fsp3) is 0.250. The molecule has 0 bridgehead atoms. The van der Waals surface area contributed by atoms with Crippen molar-refractivity contribution in [3.05, 3.63) is 89.5 Å². The molecule has 0 aliphatic carbocycles. The van der Waals surface area contributed by atoms with Crippen molar-refractivity contribution in [3.63, 3.8) is 0 Å². The number of methoxy groups -OCH3 is 1. The van der Waals surface area contributed by atoms with Crippen LogP contribution in [0.5, 0.6) is 11.5 Å². The molecule has 1 N–H and O–H groups in total. The van der Waals surface area contributed by atoms with Gasteiger partial charge in [0.15, 0.2) is 17.3 Å². The quantitative estimate of drug-likeness (QED) is 0.365. The zero-order chi connectivity index (χ0) is 24.9. The molecule has 7 nitrogen and oxygen atoms in total. The Hall–Kier alpha value is -4.20. The summed E-state index contributed by atoms with van der Waals surface area (Å²) < 4.78 is 28.0. The van der Waals surface area contributed by atoms with Crippen molar-refractivity contribution < 1.29 is 18.7 Å². The molecule has 1 aliphatic heterocycles. The Balaban J connectivity index is 1.34. The number of halogens is 1. The van der Waals surface area contributed by atoms with Gasteiger partial charge in [-0.25, -0.2) is 4.39 Å². The minimum Gasteiger partial charge on any atom is -0.493 e. The number of nitrogens with zero attached hydrogens (tertiary/aromatic N) is 3. The lowest BCUT2D eigenvalue weighted by atomic mass is 10.1. The van der Waals surface area contributed by atoms with Crippen molar-refractivity contribution in [1.29, 1.82) is 0 Å². The van der Waals surface area contributed by atoms with E-state index in [2.05, 4.69) is 20.1 Å². The lowest BCUT2D eigenvalue weighted by molar-refractivity contribution is 0.102. The zero-order valence-corrected chi connectivity index (χ0v) is 20.0. The SMILES string of the molecule is COc1cc(C(=O)Nc2cc(-c3nnc4n3CCCCC4)ccc2F)ccc1OCc1ccccc1. The molecule has 0 saturated heterocycles. The fourth-order valence-corrected chi connectivity index (χ4v) is 4.32. The summed E-state index contributed by atoms with van der Waals surface area (Å²) in [5, 5.41) is 11.3. The van der Waals surface area contributed by atoms with Crippen LogP contribution in [0.15, 0.2) is 66.7 Å². The van der Waals surface area contributed by atoms with Crippen LogP contribution in [0.25, 0.3) is 11.4 Å². The van der Waals surface area contributed by atoms with Gasteiger partial charge < -0.3 is 19.4 Å². The summed E-state index contributed by atoms with van der Waals surface area (Å²) in [4.78, 5) is 13.0. The number of carbonyl (C=O) groups is 1. The van der Waals surface area contributed by atoms with E-state index in [0.29, 0.717) is 35.1 Å². The maximum Gasteiger partial charge on any atom is 0.255 e. The first-order valence-electron chi connectivity index (χ1n) is 12.0. The Morgan fingerprint density at radius 1 is 1.00 bits per heavy atom. The van der Waals surface area contributed by atoms with Gasteiger partial charge in [-0.15, -0.1) is 10.2 Å². The number of aryl methyl sites for hydroxylation is 1. The van der Waals surface area contributed by atoms with Crippen LogP contribution in [-0.2, 0) is 19.6 Å². The Morgan fingerprint density at radius 2 is 1.86 bits per heavy atom. The molecular weight excluding hydrogens is 459 g/mol. The van der Waals surface area contributed by atoms with Crippen molar-refractivity contribution >= 4 is 11.6 Å². The number of hydrogen-bond acceptors (Lipinski definition) is 5. The van der Waals surface area contributed by atoms with Gasteiger partial charge in [-0.3, -0.25) is 4.79 Å². The molecule has 184 valence electrons. The molecule has 1 aliphatic rings. The molecule has 1 aromatic heterocycles. The highest BCUT2D eigenvalue weighted by atomic mass is 19.1. The number of hydrogen-bond donors (Lipinski definition) is 1. The summed E-state index contributed by atoms with van der Waals surface area (Å²) in [7, 11) is 1.51. The highest BCUT2D eigenvalue weighted by molar-refractivity contribution is 6.05. The number of nitrogens with one attached hydrogen (secondary N) is 1. The number of benzene rings is 3. The summed E-state index contributed by atoms with van der Waals surface area (Å²) >= 11 is 0. The van der Waals surface area contributed by atoms with E-state index in [1.54, 1.807) is 30.3 Å². The first-order valence-corrected chi connectivity index (χ1v) is 12.0. The van der Waals surface area contributed by atoms with E-state index >= 15 is 0 Å². The lowest BCUT2D eigenvalue weighted by Crippen LogP contribution is -2.13. The summed E-state index contributed by atoms with van der Waals surface area (Å²) in [5.41, 5.74) is 2.11. The molecule has 0 radical (unpaired) electrons. The second-order valence-corrected chi connectivity index (χ2v) is 8.69. The Kier molecular flexibility index (Phi) is 6.93. The predicted octanol–water partition coefficient (Wildman–Crippen LogP) is 5.65. The van der Waals surface area contributed by atoms with E-state index in [9.17, 15) is 9.18 Å². The van der Waals surface area contributed by atoms with E-state index in [1.165, 1.54) is 13.2 Å². The van der Waals surface area contributed by atoms with Crippen LogP contribution in [0.1, 0.15) is 41.0 Å². The maximum absolute atomic E-state index is 14.7. The normalized spacial score (nSPS) is 12.9. The molecular formula is C28H27FN4O3. The number of carbonyl (C=O) groups excluding carboxylic acids is 1. The average Bonchev–Trinajstić information content (AvgIpc) is 3.16. The predicted molar refractivity (Wildman–Crippen MR) is 135 cm³/mol. The largest absolute Gasteiger partial charge is 0.493 e. The van der Waals surface area contributed by atoms with Gasteiger partial charge in [0.1, 0.15) is 18.2 Å². The highest BCUT2D eigenvalue weighted by Crippen LogP contribution is 2.30. The molecule has 1 amide bonds. The second-order valence-electron chi connectivity index (χ2n) is 8.69. The summed E-state index contributed by atoms with van der Waals surface area (Å²) in [6, 6.07) is 19.2. The highest BCUT2D eigenvalue weighted by Gasteiger charge is 2.19. The molecule has 2 heterocycles. The molecule has 4 aromatic rings. The molecule has 0 unspecified atom stereocenters. The number of anilines is 1. The summed E-state index contributed by atoms with van der Waals surface area (Å²) in [6.07, 6.45) is 4.16. The third-order valence-corrected chi connectivity index (χ3v) is 6.25. The first-order chi connectivity index (χ1) is 17.6. The van der Waals surface area contributed by atoms with Crippen LogP contribution in [0.3, 0.4) is 0 Å². The fourth-order valence-electron chi connectivity index (χ4n) is 4.32. The summed E-state index contributed by atoms with van der Waals surface area (Å²) in [5.74, 6) is 1.57. The van der Waals surface area contributed by atoms with Gasteiger partial charge in [-0.2, -0.15) is 0 Å². The van der Waals surface area contributed by atoms with Crippen LogP contribution in [0.4, 0.5) is 10.1 Å². The van der Waals surface area contributed by atoms with Gasteiger partial charge in [0.25, 0.3) is 5.91 Å². The van der Waals surface area contributed by atoms with Crippen LogP contribution in [0.2, 0.25) is 0 Å². The standard InChI is InChI=1S/C28H27FN4O3/c1-35-25-17-21(12-14-24(25)36-18-19-8-4-2-5-9-19)28(34)30-23-16-20(11-13-22(23)29)27-32-31-26-10-6-3-7-15-33(26)27/h2,4-5,8-9,11-14,16-17H,3,6-7,10,15,18H2,1H3,(H,30,34). The molecule has 3 aromatic carbocycles. The third-order valence-electron chi connectivity index (χ3n) is 6.25. The van der Waals surface area contributed by atoms with Gasteiger partial charge in [0.05, 0.1) is 12.8 Å². The molecule has 0 spiro atoms. The van der Waals surface area contributed by atoms with Crippen LogP contribution < -0.4 is 14.8 Å². The zero-order valence-electron chi connectivity index (χ0n) is 20.0. The third kappa shape index (κ3) is 5.07. The van der Waals surface area contributed by atoms with Crippen molar-refractivity contribution in [3.8, 4) is 22.9 Å². The van der Waals surface area contributed by atoms with E-state index in [-0.39, 0.29) is 5.69 Å². The van der Waals surface area contributed by atoms with Gasteiger partial charge in [0.2, 0.25) is 0 Å². The molecule has 36 heavy (non-hydrogen) atoms. The van der Waals surface area contributed by atoms with Crippen molar-refractivity contribution in [2.75, 3.05) is 12.4 Å². The number of rotatable bonds is 7. The van der Waals surface area contributed by atoms with E-state index in [0.717, 1.165) is 43.6 Å². The molecule has 5 rings (SSSR count). The van der Waals surface area contributed by atoms with Crippen LogP contribution in [-0.4, -0.2) is 27.8 Å². The van der Waals surface area contributed by atoms with E-state index < -0.39 is 11.7 Å². The van der Waals surface area contributed by atoms with Crippen LogP contribution >= 0.6 is 0 Å². The first kappa shape index (κ1) is 23.5. The smallest absolute Gasteiger partial charge is 0.255 e. The topological polar surface area (TPSA) is 78.3 Å². The van der Waals surface area contributed by atoms with Gasteiger partial charge >= 0.3 is 0 Å². The minimum absolute atomic E-state index is 0.0758. The van der Waals surface area contributed by atoms with Gasteiger partial charge in [-0.1, -0.05) is 36.8 Å². The Bertz CT molecular complexity index is 1370. The van der Waals surface area contributed by atoms with Gasteiger partial charge in [-0.05, 0) is 54.8 Å². The number of amides is 1. The molecule has 8 heteroatoms. The van der Waals surface area contributed by atoms with Crippen molar-refractivity contribution in [1.82, 2.24) is 14.8 Å². The van der Waals surface area contributed by atoms with Crippen molar-refractivity contribution in [2.24, 2.45) is 0 Å². The van der Waals surface area contributed by atoms with E-state index in [4.69, 9.17) is 9.47 Å². The average molecular weight is 487 g/mol. The maximum atomic E-state index is 14.7.